The number of hydrogen-bond acceptors (Lipinski definition) is 4. The molecule has 5 nitrogen and oxygen atoms in total. The molecular formula is C20H31N3O2. The second-order valence-electron chi connectivity index (χ2n) is 7.79. The van der Waals surface area contributed by atoms with Gasteiger partial charge in [0.2, 0.25) is 5.91 Å². The number of piperazine rings is 1. The van der Waals surface area contributed by atoms with Crippen molar-refractivity contribution in [1.82, 2.24) is 15.1 Å². The fourth-order valence-electron chi connectivity index (χ4n) is 3.57. The SMILES string of the molecule is CC(=O)CC(C)(C)NC(=O)CCN1CCN(C)C[C@H]1c1ccccc1. The Kier molecular flexibility index (Phi) is 6.73. The Morgan fingerprint density at radius 2 is 1.88 bits per heavy atom. The number of amides is 1. The lowest BCUT2D eigenvalue weighted by molar-refractivity contribution is -0.124. The third-order valence-corrected chi connectivity index (χ3v) is 4.67. The Morgan fingerprint density at radius 3 is 2.52 bits per heavy atom. The number of rotatable bonds is 7. The third-order valence-electron chi connectivity index (χ3n) is 4.67. The van der Waals surface area contributed by atoms with Crippen molar-refractivity contribution in [3.63, 3.8) is 0 Å². The van der Waals surface area contributed by atoms with Gasteiger partial charge in [-0.05, 0) is 33.4 Å². The van der Waals surface area contributed by atoms with Gasteiger partial charge in [0.15, 0.2) is 0 Å². The molecule has 0 aliphatic carbocycles. The van der Waals surface area contributed by atoms with Gasteiger partial charge in [-0.15, -0.1) is 0 Å². The summed E-state index contributed by atoms with van der Waals surface area (Å²) in [7, 11) is 2.14. The number of carbonyl (C=O) groups excluding carboxylic acids is 2. The van der Waals surface area contributed by atoms with E-state index >= 15 is 0 Å². The maximum Gasteiger partial charge on any atom is 0.221 e. The smallest absolute Gasteiger partial charge is 0.221 e. The Hall–Kier alpha value is -1.72. The predicted molar refractivity (Wildman–Crippen MR) is 100 cm³/mol. The van der Waals surface area contributed by atoms with Gasteiger partial charge in [0.25, 0.3) is 0 Å². The molecule has 25 heavy (non-hydrogen) atoms. The predicted octanol–water partition coefficient (Wildman–Crippen LogP) is 2.24. The minimum absolute atomic E-state index is 0.0111. The van der Waals surface area contributed by atoms with Crippen molar-refractivity contribution in [3.8, 4) is 0 Å². The van der Waals surface area contributed by atoms with Crippen molar-refractivity contribution in [3.05, 3.63) is 35.9 Å². The number of nitrogens with zero attached hydrogens (tertiary/aromatic N) is 2. The highest BCUT2D eigenvalue weighted by Gasteiger charge is 2.27. The highest BCUT2D eigenvalue weighted by Crippen LogP contribution is 2.24. The number of ketones is 1. The van der Waals surface area contributed by atoms with Crippen molar-refractivity contribution < 1.29 is 9.59 Å². The molecule has 0 aromatic heterocycles. The van der Waals surface area contributed by atoms with Crippen LogP contribution in [0.5, 0.6) is 0 Å². The molecule has 0 radical (unpaired) electrons. The van der Waals surface area contributed by atoms with Crippen molar-refractivity contribution in [1.29, 1.82) is 0 Å². The monoisotopic (exact) mass is 345 g/mol. The zero-order chi connectivity index (χ0) is 18.4. The van der Waals surface area contributed by atoms with Gasteiger partial charge in [0.05, 0.1) is 0 Å². The van der Waals surface area contributed by atoms with Crippen molar-refractivity contribution >= 4 is 11.7 Å². The average molecular weight is 345 g/mol. The molecule has 5 heteroatoms. The van der Waals surface area contributed by atoms with Crippen LogP contribution in [0, 0.1) is 0 Å². The largest absolute Gasteiger partial charge is 0.351 e. The van der Waals surface area contributed by atoms with E-state index < -0.39 is 5.54 Å². The summed E-state index contributed by atoms with van der Waals surface area (Å²) in [5, 5.41) is 2.99. The summed E-state index contributed by atoms with van der Waals surface area (Å²) >= 11 is 0. The van der Waals surface area contributed by atoms with E-state index in [1.807, 2.05) is 19.9 Å². The van der Waals surface area contributed by atoms with Gasteiger partial charge in [-0.1, -0.05) is 30.3 Å². The van der Waals surface area contributed by atoms with Gasteiger partial charge in [-0.3, -0.25) is 14.5 Å². The van der Waals surface area contributed by atoms with Crippen molar-refractivity contribution in [2.75, 3.05) is 33.2 Å². The molecule has 0 spiro atoms. The normalized spacial score (nSPS) is 19.6. The summed E-state index contributed by atoms with van der Waals surface area (Å²) in [5.74, 6) is 0.102. The number of hydrogen-bond donors (Lipinski definition) is 1. The van der Waals surface area contributed by atoms with Gasteiger partial charge < -0.3 is 10.2 Å². The molecule has 0 bridgehead atoms. The summed E-state index contributed by atoms with van der Waals surface area (Å²) < 4.78 is 0. The number of benzene rings is 1. The van der Waals surface area contributed by atoms with Crippen molar-refractivity contribution in [2.24, 2.45) is 0 Å². The molecule has 0 unspecified atom stereocenters. The van der Waals surface area contributed by atoms with E-state index in [-0.39, 0.29) is 11.7 Å². The van der Waals surface area contributed by atoms with Gasteiger partial charge in [0.1, 0.15) is 5.78 Å². The van der Waals surface area contributed by atoms with Crippen LogP contribution >= 0.6 is 0 Å². The van der Waals surface area contributed by atoms with E-state index in [1.165, 1.54) is 5.56 Å². The Morgan fingerprint density at radius 1 is 1.20 bits per heavy atom. The lowest BCUT2D eigenvalue weighted by atomic mass is 9.98. The first-order chi connectivity index (χ1) is 11.8. The van der Waals surface area contributed by atoms with Gasteiger partial charge in [0, 0.05) is 50.6 Å². The first-order valence-electron chi connectivity index (χ1n) is 9.05. The second-order valence-corrected chi connectivity index (χ2v) is 7.79. The lowest BCUT2D eigenvalue weighted by Gasteiger charge is -2.40. The first kappa shape index (κ1) is 19.6. The Balaban J connectivity index is 1.93. The highest BCUT2D eigenvalue weighted by atomic mass is 16.2. The average Bonchev–Trinajstić information content (AvgIpc) is 2.52. The summed E-state index contributed by atoms with van der Waals surface area (Å²) in [6.45, 7) is 9.03. The third kappa shape index (κ3) is 6.25. The molecule has 1 aliphatic rings. The van der Waals surface area contributed by atoms with Gasteiger partial charge in [-0.2, -0.15) is 0 Å². The quantitative estimate of drug-likeness (QED) is 0.823. The Labute approximate surface area is 151 Å². The van der Waals surface area contributed by atoms with E-state index in [4.69, 9.17) is 0 Å². The van der Waals surface area contributed by atoms with Crippen molar-refractivity contribution in [2.45, 2.75) is 45.2 Å². The van der Waals surface area contributed by atoms with E-state index in [9.17, 15) is 9.59 Å². The first-order valence-corrected chi connectivity index (χ1v) is 9.05. The molecule has 2 rings (SSSR count). The van der Waals surface area contributed by atoms with Crippen LogP contribution in [-0.2, 0) is 9.59 Å². The van der Waals surface area contributed by atoms with Crippen LogP contribution in [0.2, 0.25) is 0 Å². The molecule has 138 valence electrons. The number of carbonyl (C=O) groups is 2. The molecule has 1 aromatic carbocycles. The molecule has 1 heterocycles. The second kappa shape index (κ2) is 8.59. The van der Waals surface area contributed by atoms with Crippen LogP contribution in [0.4, 0.5) is 0 Å². The van der Waals surface area contributed by atoms with Gasteiger partial charge >= 0.3 is 0 Å². The van der Waals surface area contributed by atoms with Crippen LogP contribution in [0.15, 0.2) is 30.3 Å². The van der Waals surface area contributed by atoms with Crippen LogP contribution < -0.4 is 5.32 Å². The molecule has 1 saturated heterocycles. The van der Waals surface area contributed by atoms with Crippen LogP contribution in [0.1, 0.15) is 45.2 Å². The summed E-state index contributed by atoms with van der Waals surface area (Å²) in [5.41, 5.74) is 0.815. The summed E-state index contributed by atoms with van der Waals surface area (Å²) in [4.78, 5) is 28.4. The fourth-order valence-corrected chi connectivity index (χ4v) is 3.57. The molecule has 1 atom stereocenters. The molecule has 0 saturated carbocycles. The van der Waals surface area contributed by atoms with Gasteiger partial charge in [-0.25, -0.2) is 0 Å². The lowest BCUT2D eigenvalue weighted by Crippen LogP contribution is -2.49. The number of nitrogens with one attached hydrogen (secondary N) is 1. The van der Waals surface area contributed by atoms with E-state index in [0.717, 1.165) is 26.2 Å². The fraction of sp³-hybridized carbons (Fsp3) is 0.600. The summed E-state index contributed by atoms with van der Waals surface area (Å²) in [6.07, 6.45) is 0.814. The minimum Gasteiger partial charge on any atom is -0.351 e. The zero-order valence-corrected chi connectivity index (χ0v) is 15.9. The van der Waals surface area contributed by atoms with Crippen LogP contribution in [-0.4, -0.2) is 60.3 Å². The molecular weight excluding hydrogens is 314 g/mol. The van der Waals surface area contributed by atoms with Crippen LogP contribution in [0.25, 0.3) is 0 Å². The highest BCUT2D eigenvalue weighted by molar-refractivity contribution is 5.80. The van der Waals surface area contributed by atoms with Crippen LogP contribution in [0.3, 0.4) is 0 Å². The standard InChI is InChI=1S/C20H31N3O2/c1-16(24)14-20(2,3)21-19(25)10-11-23-13-12-22(4)15-18(23)17-8-6-5-7-9-17/h5-9,18H,10-15H2,1-4H3,(H,21,25)/t18-/m0/s1. The van der Waals surface area contributed by atoms with E-state index in [2.05, 4.69) is 46.4 Å². The topological polar surface area (TPSA) is 52.7 Å². The molecule has 1 aliphatic heterocycles. The Bertz CT molecular complexity index is 586. The number of likely N-dealkylation sites (N-methyl/N-ethyl adjacent to an activating group) is 1. The number of Topliss-reactive ketones (excluding diaryl/α,β-unsaturated/α-hetero) is 1. The summed E-state index contributed by atoms with van der Waals surface area (Å²) in [6, 6.07) is 10.8. The molecule has 1 N–H and O–H groups in total. The molecule has 1 fully saturated rings. The van der Waals surface area contributed by atoms with E-state index in [1.54, 1.807) is 6.92 Å². The van der Waals surface area contributed by atoms with E-state index in [0.29, 0.717) is 18.9 Å². The molecule has 1 amide bonds. The maximum atomic E-state index is 12.3. The zero-order valence-electron chi connectivity index (χ0n) is 15.9. The molecule has 1 aromatic rings. The minimum atomic E-state index is -0.482. The maximum absolute atomic E-state index is 12.3.